The molecule has 1 amide bonds. The molecular formula is C9H11N7O. The van der Waals surface area contributed by atoms with Crippen LogP contribution in [0.4, 0.5) is 11.6 Å². The Kier molecular flexibility index (Phi) is 2.86. The number of amides is 1. The highest BCUT2D eigenvalue weighted by Gasteiger charge is 2.10. The second-order valence-electron chi connectivity index (χ2n) is 3.28. The number of aromatic nitrogens is 4. The molecule has 0 saturated heterocycles. The van der Waals surface area contributed by atoms with Crippen LogP contribution in [0.25, 0.3) is 0 Å². The fourth-order valence-corrected chi connectivity index (χ4v) is 1.29. The third-order valence-electron chi connectivity index (χ3n) is 2.13. The largest absolute Gasteiger partial charge is 0.384 e. The van der Waals surface area contributed by atoms with Gasteiger partial charge >= 0.3 is 0 Å². The van der Waals surface area contributed by atoms with Crippen molar-refractivity contribution >= 4 is 17.5 Å². The van der Waals surface area contributed by atoms with E-state index in [1.165, 1.54) is 12.4 Å². The summed E-state index contributed by atoms with van der Waals surface area (Å²) in [6.45, 7) is 0.376. The number of hydrogen-bond donors (Lipinski definition) is 4. The molecule has 2 rings (SSSR count). The van der Waals surface area contributed by atoms with Gasteiger partial charge in [-0.05, 0) is 0 Å². The lowest BCUT2D eigenvalue weighted by Crippen LogP contribution is -2.17. The highest BCUT2D eigenvalue weighted by molar-refractivity contribution is 5.95. The normalized spacial score (nSPS) is 10.1. The maximum Gasteiger partial charge on any atom is 0.271 e. The van der Waals surface area contributed by atoms with Crippen LogP contribution in [-0.2, 0) is 6.54 Å². The predicted octanol–water partition coefficient (Wildman–Crippen LogP) is -0.507. The lowest BCUT2D eigenvalue weighted by Gasteiger charge is -2.06. The summed E-state index contributed by atoms with van der Waals surface area (Å²) in [6, 6.07) is 0. The van der Waals surface area contributed by atoms with Crippen molar-refractivity contribution < 1.29 is 4.79 Å². The molecule has 0 aliphatic rings. The highest BCUT2D eigenvalue weighted by atomic mass is 16.1. The van der Waals surface area contributed by atoms with E-state index in [1.54, 1.807) is 6.20 Å². The third-order valence-corrected chi connectivity index (χ3v) is 2.13. The minimum atomic E-state index is -0.638. The van der Waals surface area contributed by atoms with E-state index in [2.05, 4.69) is 25.5 Å². The van der Waals surface area contributed by atoms with E-state index in [1.807, 2.05) is 0 Å². The number of carbonyl (C=O) groups excluding carboxylic acids is 1. The summed E-state index contributed by atoms with van der Waals surface area (Å²) in [5, 5.41) is 9.30. The summed E-state index contributed by atoms with van der Waals surface area (Å²) in [5.74, 6) is 0.142. The second-order valence-corrected chi connectivity index (χ2v) is 3.28. The average molecular weight is 233 g/mol. The van der Waals surface area contributed by atoms with Crippen LogP contribution < -0.4 is 16.8 Å². The molecule has 8 heteroatoms. The van der Waals surface area contributed by atoms with Crippen molar-refractivity contribution in [2.24, 2.45) is 5.73 Å². The number of nitrogens with two attached hydrogens (primary N) is 2. The van der Waals surface area contributed by atoms with E-state index in [4.69, 9.17) is 11.5 Å². The zero-order valence-electron chi connectivity index (χ0n) is 8.84. The molecule has 0 aliphatic heterocycles. The Labute approximate surface area is 96.4 Å². The van der Waals surface area contributed by atoms with Crippen LogP contribution in [0.3, 0.4) is 0 Å². The quantitative estimate of drug-likeness (QED) is 0.561. The maximum atomic E-state index is 11.1. The first-order valence-corrected chi connectivity index (χ1v) is 4.81. The molecule has 0 aromatic carbocycles. The zero-order valence-corrected chi connectivity index (χ0v) is 8.84. The van der Waals surface area contributed by atoms with Gasteiger partial charge in [0.25, 0.3) is 5.91 Å². The smallest absolute Gasteiger partial charge is 0.271 e. The molecule has 6 N–H and O–H groups in total. The van der Waals surface area contributed by atoms with Crippen molar-refractivity contribution in [3.05, 3.63) is 29.8 Å². The van der Waals surface area contributed by atoms with Gasteiger partial charge in [0.2, 0.25) is 0 Å². The van der Waals surface area contributed by atoms with E-state index < -0.39 is 5.91 Å². The standard InChI is InChI=1S/C9H11N7O/c10-7-5(4-15-16-7)3-14-9-6(8(11)17)12-1-2-13-9/h1-2,4H,3H2,(H2,11,17)(H,13,14)(H3,10,15,16). The van der Waals surface area contributed by atoms with Crippen LogP contribution in [0.5, 0.6) is 0 Å². The summed E-state index contributed by atoms with van der Waals surface area (Å²) < 4.78 is 0. The molecule has 2 aromatic rings. The lowest BCUT2D eigenvalue weighted by atomic mass is 10.3. The minimum Gasteiger partial charge on any atom is -0.384 e. The zero-order chi connectivity index (χ0) is 12.3. The topological polar surface area (TPSA) is 136 Å². The molecule has 2 aromatic heterocycles. The Balaban J connectivity index is 2.14. The maximum absolute atomic E-state index is 11.1. The Morgan fingerprint density at radius 2 is 2.18 bits per heavy atom. The van der Waals surface area contributed by atoms with Gasteiger partial charge in [0.05, 0.1) is 6.20 Å². The Hall–Kier alpha value is -2.64. The molecule has 2 heterocycles. The van der Waals surface area contributed by atoms with Gasteiger partial charge in [0.1, 0.15) is 5.82 Å². The van der Waals surface area contributed by atoms with Crippen molar-refractivity contribution in [2.75, 3.05) is 11.1 Å². The number of carbonyl (C=O) groups is 1. The van der Waals surface area contributed by atoms with E-state index in [9.17, 15) is 4.79 Å². The number of anilines is 2. The van der Waals surface area contributed by atoms with E-state index >= 15 is 0 Å². The Morgan fingerprint density at radius 1 is 1.41 bits per heavy atom. The van der Waals surface area contributed by atoms with E-state index in [0.29, 0.717) is 18.2 Å². The molecule has 0 spiro atoms. The van der Waals surface area contributed by atoms with Gasteiger partial charge in [-0.15, -0.1) is 0 Å². The van der Waals surface area contributed by atoms with Gasteiger partial charge in [-0.1, -0.05) is 0 Å². The molecule has 0 bridgehead atoms. The highest BCUT2D eigenvalue weighted by Crippen LogP contribution is 2.11. The van der Waals surface area contributed by atoms with Crippen LogP contribution >= 0.6 is 0 Å². The number of hydrogen-bond acceptors (Lipinski definition) is 6. The number of rotatable bonds is 4. The number of H-pyrrole nitrogens is 1. The molecule has 0 atom stereocenters. The molecule has 17 heavy (non-hydrogen) atoms. The number of aromatic amines is 1. The Bertz CT molecular complexity index is 536. The molecule has 0 radical (unpaired) electrons. The van der Waals surface area contributed by atoms with Gasteiger partial charge in [-0.3, -0.25) is 9.89 Å². The van der Waals surface area contributed by atoms with Gasteiger partial charge in [0.15, 0.2) is 11.5 Å². The van der Waals surface area contributed by atoms with Gasteiger partial charge < -0.3 is 16.8 Å². The van der Waals surface area contributed by atoms with Crippen molar-refractivity contribution in [3.63, 3.8) is 0 Å². The molecule has 0 saturated carbocycles. The molecule has 0 fully saturated rings. The van der Waals surface area contributed by atoms with Gasteiger partial charge in [-0.2, -0.15) is 5.10 Å². The summed E-state index contributed by atoms with van der Waals surface area (Å²) in [7, 11) is 0. The lowest BCUT2D eigenvalue weighted by molar-refractivity contribution is 0.0996. The van der Waals surface area contributed by atoms with Gasteiger partial charge in [-0.25, -0.2) is 9.97 Å². The first-order valence-electron chi connectivity index (χ1n) is 4.81. The first kappa shape index (κ1) is 10.9. The average Bonchev–Trinajstić information content (AvgIpc) is 2.72. The van der Waals surface area contributed by atoms with Crippen LogP contribution in [0.1, 0.15) is 16.1 Å². The van der Waals surface area contributed by atoms with E-state index in [0.717, 1.165) is 5.56 Å². The number of nitrogen functional groups attached to an aromatic ring is 1. The van der Waals surface area contributed by atoms with Crippen LogP contribution in [0.2, 0.25) is 0 Å². The van der Waals surface area contributed by atoms with Crippen molar-refractivity contribution in [3.8, 4) is 0 Å². The molecular weight excluding hydrogens is 222 g/mol. The van der Waals surface area contributed by atoms with Crippen molar-refractivity contribution in [2.45, 2.75) is 6.54 Å². The van der Waals surface area contributed by atoms with Crippen LogP contribution in [-0.4, -0.2) is 26.1 Å². The summed E-state index contributed by atoms with van der Waals surface area (Å²) in [6.07, 6.45) is 4.45. The molecule has 0 aliphatic carbocycles. The molecule has 88 valence electrons. The summed E-state index contributed by atoms with van der Waals surface area (Å²) in [4.78, 5) is 18.9. The second kappa shape index (κ2) is 4.47. The van der Waals surface area contributed by atoms with Crippen LogP contribution in [0, 0.1) is 0 Å². The van der Waals surface area contributed by atoms with Crippen molar-refractivity contribution in [1.29, 1.82) is 0 Å². The SMILES string of the molecule is NC(=O)c1nccnc1NCc1cn[nH]c1N. The molecule has 8 nitrogen and oxygen atoms in total. The van der Waals surface area contributed by atoms with Crippen molar-refractivity contribution in [1.82, 2.24) is 20.2 Å². The number of nitrogens with zero attached hydrogens (tertiary/aromatic N) is 3. The third kappa shape index (κ3) is 2.30. The number of primary amides is 1. The van der Waals surface area contributed by atoms with Crippen LogP contribution in [0.15, 0.2) is 18.6 Å². The fourth-order valence-electron chi connectivity index (χ4n) is 1.29. The Morgan fingerprint density at radius 3 is 2.82 bits per heavy atom. The molecule has 0 unspecified atom stereocenters. The van der Waals surface area contributed by atoms with E-state index in [-0.39, 0.29) is 5.69 Å². The summed E-state index contributed by atoms with van der Waals surface area (Å²) >= 11 is 0. The fraction of sp³-hybridized carbons (Fsp3) is 0.111. The predicted molar refractivity (Wildman–Crippen MR) is 60.9 cm³/mol. The number of nitrogens with one attached hydrogen (secondary N) is 2. The van der Waals surface area contributed by atoms with Gasteiger partial charge in [0, 0.05) is 24.5 Å². The summed E-state index contributed by atoms with van der Waals surface area (Å²) in [5.41, 5.74) is 11.6. The monoisotopic (exact) mass is 233 g/mol. The minimum absolute atomic E-state index is 0.0922. The first-order chi connectivity index (χ1) is 8.18.